The third-order valence-electron chi connectivity index (χ3n) is 1.74. The molecule has 0 aromatic heterocycles. The van der Waals surface area contributed by atoms with Gasteiger partial charge in [0.15, 0.2) is 6.17 Å². The van der Waals surface area contributed by atoms with Crippen molar-refractivity contribution in [3.8, 4) is 0 Å². The standard InChI is InChI=1S/C8H8F3NO2S/c9-7(8(10)11)5-3-1-2-4-6(5)15(12,13)14/h1-4,7-8H,(H2,12,13,14). The molecule has 1 aromatic carbocycles. The van der Waals surface area contributed by atoms with E-state index in [0.717, 1.165) is 12.1 Å². The van der Waals surface area contributed by atoms with Crippen LogP contribution in [0.4, 0.5) is 13.2 Å². The number of primary sulfonamides is 1. The lowest BCUT2D eigenvalue weighted by atomic mass is 10.1. The molecule has 0 saturated heterocycles. The molecule has 0 fully saturated rings. The molecule has 1 unspecified atom stereocenters. The third-order valence-corrected chi connectivity index (χ3v) is 2.73. The Labute approximate surface area is 84.8 Å². The molecule has 0 saturated carbocycles. The molecule has 0 heterocycles. The maximum absolute atomic E-state index is 13.0. The maximum Gasteiger partial charge on any atom is 0.273 e. The number of nitrogens with two attached hydrogens (primary N) is 1. The minimum Gasteiger partial charge on any atom is -0.236 e. The van der Waals surface area contributed by atoms with Crippen LogP contribution in [0.5, 0.6) is 0 Å². The predicted octanol–water partition coefficient (Wildman–Crippen LogP) is 1.61. The Morgan fingerprint density at radius 1 is 1.13 bits per heavy atom. The van der Waals surface area contributed by atoms with E-state index in [4.69, 9.17) is 5.14 Å². The van der Waals surface area contributed by atoms with Crippen molar-refractivity contribution in [2.45, 2.75) is 17.5 Å². The normalized spacial score (nSPS) is 14.2. The van der Waals surface area contributed by atoms with Crippen LogP contribution < -0.4 is 5.14 Å². The highest BCUT2D eigenvalue weighted by molar-refractivity contribution is 7.89. The molecule has 0 spiro atoms. The molecular weight excluding hydrogens is 231 g/mol. The van der Waals surface area contributed by atoms with Gasteiger partial charge in [0.25, 0.3) is 6.43 Å². The second-order valence-electron chi connectivity index (χ2n) is 2.82. The molecule has 0 aliphatic rings. The summed E-state index contributed by atoms with van der Waals surface area (Å²) in [6.07, 6.45) is -5.94. The summed E-state index contributed by atoms with van der Waals surface area (Å²) in [7, 11) is -4.19. The van der Waals surface area contributed by atoms with E-state index in [-0.39, 0.29) is 0 Å². The van der Waals surface area contributed by atoms with E-state index < -0.39 is 33.1 Å². The van der Waals surface area contributed by atoms with E-state index in [1.807, 2.05) is 0 Å². The van der Waals surface area contributed by atoms with E-state index >= 15 is 0 Å². The quantitative estimate of drug-likeness (QED) is 0.871. The fraction of sp³-hybridized carbons (Fsp3) is 0.250. The Balaban J connectivity index is 3.31. The Morgan fingerprint density at radius 3 is 2.13 bits per heavy atom. The highest BCUT2D eigenvalue weighted by Crippen LogP contribution is 2.29. The van der Waals surface area contributed by atoms with Gasteiger partial charge in [0.05, 0.1) is 4.90 Å². The van der Waals surface area contributed by atoms with Gasteiger partial charge in [-0.1, -0.05) is 18.2 Å². The first-order chi connectivity index (χ1) is 6.84. The van der Waals surface area contributed by atoms with Gasteiger partial charge in [-0.2, -0.15) is 0 Å². The van der Waals surface area contributed by atoms with Crippen LogP contribution >= 0.6 is 0 Å². The Kier molecular flexibility index (Phi) is 3.35. The summed E-state index contributed by atoms with van der Waals surface area (Å²) in [5.41, 5.74) is -0.616. The van der Waals surface area contributed by atoms with Gasteiger partial charge in [0.2, 0.25) is 10.0 Å². The Hall–Kier alpha value is -1.08. The van der Waals surface area contributed by atoms with Crippen molar-refractivity contribution < 1.29 is 21.6 Å². The number of alkyl halides is 3. The zero-order chi connectivity index (χ0) is 11.6. The molecule has 0 radical (unpaired) electrons. The van der Waals surface area contributed by atoms with Gasteiger partial charge < -0.3 is 0 Å². The van der Waals surface area contributed by atoms with Gasteiger partial charge in [-0.3, -0.25) is 0 Å². The van der Waals surface area contributed by atoms with Crippen molar-refractivity contribution in [2.24, 2.45) is 5.14 Å². The van der Waals surface area contributed by atoms with Gasteiger partial charge in [0.1, 0.15) is 0 Å². The average molecular weight is 239 g/mol. The number of sulfonamides is 1. The zero-order valence-electron chi connectivity index (χ0n) is 7.40. The van der Waals surface area contributed by atoms with Gasteiger partial charge in [0, 0.05) is 5.56 Å². The first-order valence-corrected chi connectivity index (χ1v) is 5.42. The summed E-state index contributed by atoms with van der Waals surface area (Å²) in [6.45, 7) is 0. The van der Waals surface area contributed by atoms with E-state index in [1.54, 1.807) is 0 Å². The maximum atomic E-state index is 13.0. The fourth-order valence-corrected chi connectivity index (χ4v) is 1.88. The molecular formula is C8H8F3NO2S. The molecule has 1 rings (SSSR count). The van der Waals surface area contributed by atoms with Crippen molar-refractivity contribution in [3.63, 3.8) is 0 Å². The summed E-state index contributed by atoms with van der Waals surface area (Å²) in [6, 6.07) is 4.50. The van der Waals surface area contributed by atoms with Crippen molar-refractivity contribution >= 4 is 10.0 Å². The van der Waals surface area contributed by atoms with E-state index in [1.165, 1.54) is 12.1 Å². The first-order valence-electron chi connectivity index (χ1n) is 3.88. The minimum atomic E-state index is -4.19. The van der Waals surface area contributed by atoms with Crippen LogP contribution in [-0.2, 0) is 10.0 Å². The van der Waals surface area contributed by atoms with Crippen LogP contribution in [0.15, 0.2) is 29.2 Å². The molecule has 3 nitrogen and oxygen atoms in total. The number of hydrogen-bond donors (Lipinski definition) is 1. The SMILES string of the molecule is NS(=O)(=O)c1ccccc1C(F)C(F)F. The molecule has 0 amide bonds. The summed E-state index contributed by atoms with van der Waals surface area (Å²) in [4.78, 5) is -0.613. The van der Waals surface area contributed by atoms with Crippen molar-refractivity contribution in [1.82, 2.24) is 0 Å². The van der Waals surface area contributed by atoms with Crippen LogP contribution in [0.1, 0.15) is 11.7 Å². The topological polar surface area (TPSA) is 60.2 Å². The lowest BCUT2D eigenvalue weighted by Crippen LogP contribution is -2.17. The lowest BCUT2D eigenvalue weighted by molar-refractivity contribution is 0.0481. The van der Waals surface area contributed by atoms with Crippen LogP contribution in [0.3, 0.4) is 0 Å². The molecule has 7 heteroatoms. The molecule has 0 bridgehead atoms. The first kappa shape index (κ1) is 12.0. The van der Waals surface area contributed by atoms with Crippen molar-refractivity contribution in [1.29, 1.82) is 0 Å². The predicted molar refractivity (Wildman–Crippen MR) is 47.7 cm³/mol. The Bertz CT molecular complexity index is 447. The summed E-state index contributed by atoms with van der Waals surface area (Å²) >= 11 is 0. The smallest absolute Gasteiger partial charge is 0.236 e. The number of halogens is 3. The number of benzene rings is 1. The fourth-order valence-electron chi connectivity index (χ4n) is 1.10. The summed E-state index contributed by atoms with van der Waals surface area (Å²) < 4.78 is 59.0. The van der Waals surface area contributed by atoms with Crippen molar-refractivity contribution in [2.75, 3.05) is 0 Å². The van der Waals surface area contributed by atoms with Crippen molar-refractivity contribution in [3.05, 3.63) is 29.8 Å². The van der Waals surface area contributed by atoms with Gasteiger partial charge >= 0.3 is 0 Å². The third kappa shape index (κ3) is 2.69. The lowest BCUT2D eigenvalue weighted by Gasteiger charge is -2.10. The monoisotopic (exact) mass is 239 g/mol. The van der Waals surface area contributed by atoms with Gasteiger partial charge in [-0.05, 0) is 6.07 Å². The zero-order valence-corrected chi connectivity index (χ0v) is 8.22. The van der Waals surface area contributed by atoms with E-state index in [0.29, 0.717) is 0 Å². The highest BCUT2D eigenvalue weighted by Gasteiger charge is 2.27. The molecule has 1 aromatic rings. The number of rotatable bonds is 3. The van der Waals surface area contributed by atoms with Crippen LogP contribution in [0, 0.1) is 0 Å². The Morgan fingerprint density at radius 2 is 1.67 bits per heavy atom. The van der Waals surface area contributed by atoms with Crippen LogP contribution in [0.25, 0.3) is 0 Å². The van der Waals surface area contributed by atoms with Crippen LogP contribution in [0.2, 0.25) is 0 Å². The largest absolute Gasteiger partial charge is 0.273 e. The summed E-state index contributed by atoms with van der Waals surface area (Å²) in [5, 5.41) is 4.76. The van der Waals surface area contributed by atoms with Gasteiger partial charge in [-0.25, -0.2) is 26.7 Å². The molecule has 1 atom stereocenters. The second kappa shape index (κ2) is 4.19. The van der Waals surface area contributed by atoms with Gasteiger partial charge in [-0.15, -0.1) is 0 Å². The molecule has 2 N–H and O–H groups in total. The second-order valence-corrected chi connectivity index (χ2v) is 4.35. The molecule has 0 aliphatic carbocycles. The highest BCUT2D eigenvalue weighted by atomic mass is 32.2. The van der Waals surface area contributed by atoms with Crippen LogP contribution in [-0.4, -0.2) is 14.8 Å². The van der Waals surface area contributed by atoms with E-state index in [2.05, 4.69) is 0 Å². The molecule has 84 valence electrons. The van der Waals surface area contributed by atoms with E-state index in [9.17, 15) is 21.6 Å². The average Bonchev–Trinajstić information content (AvgIpc) is 2.15. The number of hydrogen-bond acceptors (Lipinski definition) is 2. The minimum absolute atomic E-state index is 0.613. The molecule has 15 heavy (non-hydrogen) atoms. The summed E-state index contributed by atoms with van der Waals surface area (Å²) in [5.74, 6) is 0. The molecule has 0 aliphatic heterocycles.